The van der Waals surface area contributed by atoms with Gasteiger partial charge in [-0.1, -0.05) is 24.1 Å². The van der Waals surface area contributed by atoms with E-state index in [2.05, 4.69) is 5.10 Å². The van der Waals surface area contributed by atoms with Crippen molar-refractivity contribution >= 4 is 18.0 Å². The van der Waals surface area contributed by atoms with Gasteiger partial charge in [-0.05, 0) is 61.6 Å². The maximum absolute atomic E-state index is 14.5. The molecule has 0 bridgehead atoms. The van der Waals surface area contributed by atoms with Gasteiger partial charge in [-0.2, -0.15) is 18.3 Å². The van der Waals surface area contributed by atoms with E-state index >= 15 is 0 Å². The number of rotatable bonds is 3. The number of carbonyl (C=O) groups is 2. The van der Waals surface area contributed by atoms with Crippen LogP contribution in [0.4, 0.5) is 17.6 Å². The summed E-state index contributed by atoms with van der Waals surface area (Å²) in [5.41, 5.74) is -1.01. The molecule has 1 heterocycles. The van der Waals surface area contributed by atoms with E-state index < -0.39 is 53.0 Å². The number of hydrogen-bond donors (Lipinski definition) is 2. The lowest BCUT2D eigenvalue weighted by atomic mass is 9.48. The van der Waals surface area contributed by atoms with E-state index in [1.165, 1.54) is 18.2 Å². The van der Waals surface area contributed by atoms with E-state index in [1.807, 2.05) is 6.08 Å². The Bertz CT molecular complexity index is 1290. The summed E-state index contributed by atoms with van der Waals surface area (Å²) in [5.74, 6) is -7.91. The van der Waals surface area contributed by atoms with Crippen molar-refractivity contribution in [3.8, 4) is 5.69 Å². The fraction of sp³-hybridized carbons (Fsp3) is 0.400. The molecule has 2 aromatic rings. The Kier molecular flexibility index (Phi) is 5.02. The maximum atomic E-state index is 14.5. The van der Waals surface area contributed by atoms with Crippen molar-refractivity contribution < 1.29 is 37.4 Å². The number of fused-ring (bicyclic) bond motifs is 4. The van der Waals surface area contributed by atoms with E-state index in [1.54, 1.807) is 29.9 Å². The van der Waals surface area contributed by atoms with Crippen LogP contribution < -0.4 is 0 Å². The van der Waals surface area contributed by atoms with Gasteiger partial charge >= 0.3 is 18.1 Å². The number of aliphatic carboxylic acids is 2. The van der Waals surface area contributed by atoms with E-state index in [4.69, 9.17) is 0 Å². The van der Waals surface area contributed by atoms with Gasteiger partial charge in [-0.3, -0.25) is 9.59 Å². The number of benzene rings is 1. The zero-order valence-electron chi connectivity index (χ0n) is 18.6. The molecule has 5 rings (SSSR count). The second-order valence-electron chi connectivity index (χ2n) is 9.67. The average molecular weight is 490 g/mol. The Morgan fingerprint density at radius 3 is 2.46 bits per heavy atom. The van der Waals surface area contributed by atoms with Crippen LogP contribution in [0.2, 0.25) is 0 Å². The van der Waals surface area contributed by atoms with Crippen LogP contribution in [0.15, 0.2) is 47.7 Å². The highest BCUT2D eigenvalue weighted by atomic mass is 19.4. The maximum Gasteiger partial charge on any atom is 0.406 e. The molecule has 0 unspecified atom stereocenters. The molecule has 6 nitrogen and oxygen atoms in total. The van der Waals surface area contributed by atoms with Crippen molar-refractivity contribution in [2.75, 3.05) is 0 Å². The van der Waals surface area contributed by atoms with E-state index in [9.17, 15) is 37.4 Å². The van der Waals surface area contributed by atoms with Crippen LogP contribution in [0.5, 0.6) is 0 Å². The minimum atomic E-state index is -5.25. The van der Waals surface area contributed by atoms with Crippen molar-refractivity contribution in [3.63, 3.8) is 0 Å². The highest BCUT2D eigenvalue weighted by molar-refractivity contribution is 5.86. The number of alkyl halides is 3. The summed E-state index contributed by atoms with van der Waals surface area (Å²) >= 11 is 0. The van der Waals surface area contributed by atoms with Crippen LogP contribution in [0, 0.1) is 28.5 Å². The summed E-state index contributed by atoms with van der Waals surface area (Å²) in [4.78, 5) is 24.1. The molecule has 10 heteroatoms. The lowest BCUT2D eigenvalue weighted by Crippen LogP contribution is -2.61. The molecule has 4 atom stereocenters. The summed E-state index contributed by atoms with van der Waals surface area (Å²) < 4.78 is 58.5. The fourth-order valence-corrected chi connectivity index (χ4v) is 6.39. The van der Waals surface area contributed by atoms with Gasteiger partial charge in [0, 0.05) is 11.3 Å². The summed E-state index contributed by atoms with van der Waals surface area (Å²) in [7, 11) is 0. The van der Waals surface area contributed by atoms with Gasteiger partial charge in [0.2, 0.25) is 0 Å². The van der Waals surface area contributed by atoms with Gasteiger partial charge < -0.3 is 10.2 Å². The van der Waals surface area contributed by atoms with Crippen LogP contribution in [-0.4, -0.2) is 38.1 Å². The third-order valence-corrected chi connectivity index (χ3v) is 8.03. The first-order valence-electron chi connectivity index (χ1n) is 11.2. The van der Waals surface area contributed by atoms with Gasteiger partial charge in [0.1, 0.15) is 5.82 Å². The quantitative estimate of drug-likeness (QED) is 0.465. The van der Waals surface area contributed by atoms with E-state index in [0.717, 1.165) is 16.8 Å². The minimum Gasteiger partial charge on any atom is -0.481 e. The Hall–Kier alpha value is -3.43. The molecule has 0 aliphatic heterocycles. The predicted molar refractivity (Wildman–Crippen MR) is 116 cm³/mol. The molecule has 1 fully saturated rings. The zero-order valence-corrected chi connectivity index (χ0v) is 18.6. The van der Waals surface area contributed by atoms with Crippen LogP contribution in [-0.2, 0) is 16.0 Å². The van der Waals surface area contributed by atoms with Gasteiger partial charge in [0.25, 0.3) is 0 Å². The summed E-state index contributed by atoms with van der Waals surface area (Å²) in [6.07, 6.45) is -0.437. The first kappa shape index (κ1) is 23.3. The third kappa shape index (κ3) is 3.11. The van der Waals surface area contributed by atoms with Crippen LogP contribution >= 0.6 is 0 Å². The second-order valence-corrected chi connectivity index (χ2v) is 9.67. The molecule has 0 spiro atoms. The molecule has 1 aromatic heterocycles. The SMILES string of the molecule is C[C@]12Cc3cnn(-c4ccc(F)cc4)c3C=C1CC[C@H]1C2=CC[C@@H](C(=O)O)[C@]1(C(=O)O)C(F)(F)F. The number of allylic oxidation sites excluding steroid dienone is 3. The third-order valence-electron chi connectivity index (χ3n) is 8.03. The van der Waals surface area contributed by atoms with Gasteiger partial charge in [-0.25, -0.2) is 9.07 Å². The van der Waals surface area contributed by atoms with Crippen LogP contribution in [0.25, 0.3) is 11.8 Å². The van der Waals surface area contributed by atoms with Gasteiger partial charge in [-0.15, -0.1) is 0 Å². The molecular weight excluding hydrogens is 468 g/mol. The van der Waals surface area contributed by atoms with Crippen molar-refractivity contribution in [1.29, 1.82) is 0 Å². The monoisotopic (exact) mass is 490 g/mol. The lowest BCUT2D eigenvalue weighted by Gasteiger charge is -2.54. The fourth-order valence-electron chi connectivity index (χ4n) is 6.39. The first-order valence-corrected chi connectivity index (χ1v) is 11.2. The molecule has 1 saturated carbocycles. The highest BCUT2D eigenvalue weighted by Gasteiger charge is 2.73. The lowest BCUT2D eigenvalue weighted by molar-refractivity contribution is -0.264. The molecule has 0 saturated heterocycles. The molecule has 3 aliphatic carbocycles. The molecule has 0 radical (unpaired) electrons. The Balaban J connectivity index is 1.63. The molecule has 35 heavy (non-hydrogen) atoms. The Morgan fingerprint density at radius 1 is 1.17 bits per heavy atom. The topological polar surface area (TPSA) is 92.4 Å². The molecule has 0 amide bonds. The summed E-state index contributed by atoms with van der Waals surface area (Å²) in [6.45, 7) is 1.79. The number of aromatic nitrogens is 2. The number of carboxylic acids is 2. The minimum absolute atomic E-state index is 0.136. The molecule has 3 aliphatic rings. The zero-order chi connectivity index (χ0) is 25.3. The second kappa shape index (κ2) is 7.53. The number of halogens is 4. The Labute approximate surface area is 197 Å². The Morgan fingerprint density at radius 2 is 1.86 bits per heavy atom. The largest absolute Gasteiger partial charge is 0.481 e. The first-order chi connectivity index (χ1) is 16.4. The number of hydrogen-bond acceptors (Lipinski definition) is 3. The number of nitrogens with zero attached hydrogens (tertiary/aromatic N) is 2. The van der Waals surface area contributed by atoms with E-state index in [-0.39, 0.29) is 12.8 Å². The molecular formula is C25H22F4N2O4. The van der Waals surface area contributed by atoms with Crippen LogP contribution in [0.3, 0.4) is 0 Å². The predicted octanol–water partition coefficient (Wildman–Crippen LogP) is 5.03. The van der Waals surface area contributed by atoms with E-state index in [0.29, 0.717) is 17.7 Å². The van der Waals surface area contributed by atoms with Gasteiger partial charge in [0.05, 0.1) is 23.5 Å². The molecule has 2 N–H and O–H groups in total. The van der Waals surface area contributed by atoms with Crippen molar-refractivity contribution in [1.82, 2.24) is 9.78 Å². The number of carboxylic acid groups (broad SMARTS) is 2. The smallest absolute Gasteiger partial charge is 0.406 e. The molecule has 184 valence electrons. The van der Waals surface area contributed by atoms with Crippen molar-refractivity contribution in [2.24, 2.45) is 22.7 Å². The van der Waals surface area contributed by atoms with Crippen molar-refractivity contribution in [2.45, 2.75) is 38.8 Å². The normalized spacial score (nSPS) is 29.9. The summed E-state index contributed by atoms with van der Waals surface area (Å²) in [6, 6.07) is 5.77. The van der Waals surface area contributed by atoms with Gasteiger partial charge in [0.15, 0.2) is 5.41 Å². The van der Waals surface area contributed by atoms with Crippen LogP contribution in [0.1, 0.15) is 37.4 Å². The van der Waals surface area contributed by atoms with Crippen molar-refractivity contribution in [3.05, 3.63) is 64.8 Å². The average Bonchev–Trinajstić information content (AvgIpc) is 3.17. The standard InChI is InChI=1S/C25H22F4N2O4/c1-23-11-13-12-30-31(16-5-3-15(26)4-6-16)20(13)10-14(23)2-7-18-17(23)8-9-19(21(32)33)24(18,22(34)35)25(27,28)29/h3-6,8,10,12,18-19H,2,7,9,11H2,1H3,(H,32,33)(H,34,35)/t18-,19-,23-,24+/m0/s1. The highest BCUT2D eigenvalue weighted by Crippen LogP contribution is 2.65. The summed E-state index contributed by atoms with van der Waals surface area (Å²) in [5, 5.41) is 23.9. The molecule has 1 aromatic carbocycles.